The predicted octanol–water partition coefficient (Wildman–Crippen LogP) is 2.16. The highest BCUT2D eigenvalue weighted by Gasteiger charge is 2.21. The fourth-order valence-corrected chi connectivity index (χ4v) is 4.38. The van der Waals surface area contributed by atoms with Gasteiger partial charge in [-0.25, -0.2) is 17.5 Å². The van der Waals surface area contributed by atoms with Gasteiger partial charge in [-0.3, -0.25) is 4.98 Å². The average molecular weight is 432 g/mol. The number of amides is 2. The number of nitrogens with one attached hydrogen (secondary N) is 2. The fourth-order valence-electron chi connectivity index (χ4n) is 3.44. The van der Waals surface area contributed by atoms with E-state index in [2.05, 4.69) is 20.5 Å². The number of carbonyl (C=O) groups excluding carboxylic acids is 1. The van der Waals surface area contributed by atoms with Crippen molar-refractivity contribution >= 4 is 21.7 Å². The van der Waals surface area contributed by atoms with Crippen LogP contribution < -0.4 is 10.6 Å². The molecule has 8 nitrogen and oxygen atoms in total. The third kappa shape index (κ3) is 6.01. The lowest BCUT2D eigenvalue weighted by Gasteiger charge is -2.32. The van der Waals surface area contributed by atoms with Gasteiger partial charge >= 0.3 is 6.03 Å². The van der Waals surface area contributed by atoms with Gasteiger partial charge in [0.2, 0.25) is 10.0 Å². The standard InChI is InChI=1S/C21H29N5O3S/c1-25(2)30(28,29)20-5-3-4-19(16-20)24-21(27)23-18-9-14-26(15-10-18)13-8-17-6-11-22-12-7-17/h3-7,11-12,16,18H,8-10,13-15H2,1-2H3,(H2,23,24,27). The number of urea groups is 1. The topological polar surface area (TPSA) is 94.6 Å². The molecule has 1 fully saturated rings. The summed E-state index contributed by atoms with van der Waals surface area (Å²) in [6.07, 6.45) is 6.40. The van der Waals surface area contributed by atoms with E-state index >= 15 is 0 Å². The number of piperidine rings is 1. The molecule has 1 aromatic heterocycles. The summed E-state index contributed by atoms with van der Waals surface area (Å²) in [6.45, 7) is 2.87. The minimum atomic E-state index is -3.54. The zero-order valence-corrected chi connectivity index (χ0v) is 18.2. The van der Waals surface area contributed by atoms with Gasteiger partial charge in [0, 0.05) is 57.9 Å². The molecule has 1 aliphatic rings. The van der Waals surface area contributed by atoms with Gasteiger partial charge in [0.1, 0.15) is 0 Å². The summed E-state index contributed by atoms with van der Waals surface area (Å²) in [5.74, 6) is 0. The lowest BCUT2D eigenvalue weighted by atomic mass is 10.0. The van der Waals surface area contributed by atoms with Crippen molar-refractivity contribution in [3.8, 4) is 0 Å². The maximum Gasteiger partial charge on any atom is 0.319 e. The van der Waals surface area contributed by atoms with Crippen molar-refractivity contribution in [2.75, 3.05) is 39.0 Å². The number of anilines is 1. The fraction of sp³-hybridized carbons (Fsp3) is 0.429. The Bertz CT molecular complexity index is 942. The van der Waals surface area contributed by atoms with Gasteiger partial charge in [-0.15, -0.1) is 0 Å². The zero-order valence-electron chi connectivity index (χ0n) is 17.4. The van der Waals surface area contributed by atoms with Gasteiger partial charge in [-0.1, -0.05) is 6.07 Å². The SMILES string of the molecule is CN(C)S(=O)(=O)c1cccc(NC(=O)NC2CCN(CCc3ccncc3)CC2)c1. The highest BCUT2D eigenvalue weighted by Crippen LogP contribution is 2.18. The summed E-state index contributed by atoms with van der Waals surface area (Å²) >= 11 is 0. The van der Waals surface area contributed by atoms with Crippen LogP contribution in [0.25, 0.3) is 0 Å². The van der Waals surface area contributed by atoms with Crippen molar-refractivity contribution in [1.82, 2.24) is 19.5 Å². The first-order valence-electron chi connectivity index (χ1n) is 10.1. The van der Waals surface area contributed by atoms with Crippen molar-refractivity contribution in [3.05, 3.63) is 54.4 Å². The molecule has 1 aliphatic heterocycles. The molecular formula is C21H29N5O3S. The monoisotopic (exact) mass is 431 g/mol. The maximum atomic E-state index is 12.4. The molecule has 2 aromatic rings. The van der Waals surface area contributed by atoms with Crippen LogP contribution in [0.15, 0.2) is 53.7 Å². The molecule has 1 saturated heterocycles. The molecule has 0 bridgehead atoms. The molecule has 0 aliphatic carbocycles. The summed E-state index contributed by atoms with van der Waals surface area (Å²) in [5, 5.41) is 5.74. The zero-order chi connectivity index (χ0) is 21.6. The lowest BCUT2D eigenvalue weighted by Crippen LogP contribution is -2.46. The van der Waals surface area contributed by atoms with Gasteiger partial charge < -0.3 is 15.5 Å². The molecule has 2 amide bonds. The summed E-state index contributed by atoms with van der Waals surface area (Å²) in [7, 11) is -0.586. The number of carbonyl (C=O) groups is 1. The first kappa shape index (κ1) is 22.2. The summed E-state index contributed by atoms with van der Waals surface area (Å²) in [6, 6.07) is 10.1. The highest BCUT2D eigenvalue weighted by atomic mass is 32.2. The third-order valence-corrected chi connectivity index (χ3v) is 7.07. The van der Waals surface area contributed by atoms with Crippen LogP contribution in [0.1, 0.15) is 18.4 Å². The second-order valence-electron chi connectivity index (χ2n) is 7.64. The minimum Gasteiger partial charge on any atom is -0.335 e. The number of aromatic nitrogens is 1. The van der Waals surface area contributed by atoms with Crippen LogP contribution in [0.2, 0.25) is 0 Å². The van der Waals surface area contributed by atoms with E-state index in [0.717, 1.165) is 43.2 Å². The van der Waals surface area contributed by atoms with Crippen molar-refractivity contribution in [2.24, 2.45) is 0 Å². The van der Waals surface area contributed by atoms with E-state index < -0.39 is 10.0 Å². The van der Waals surface area contributed by atoms with Crippen LogP contribution in [0.5, 0.6) is 0 Å². The molecule has 30 heavy (non-hydrogen) atoms. The molecule has 162 valence electrons. The number of benzene rings is 1. The Morgan fingerprint density at radius 1 is 1.17 bits per heavy atom. The number of rotatable bonds is 7. The Balaban J connectivity index is 1.45. The Hall–Kier alpha value is -2.49. The van der Waals surface area contributed by atoms with Crippen LogP contribution in [0.4, 0.5) is 10.5 Å². The lowest BCUT2D eigenvalue weighted by molar-refractivity contribution is 0.197. The second-order valence-corrected chi connectivity index (χ2v) is 9.79. The molecule has 0 atom stereocenters. The molecule has 2 N–H and O–H groups in total. The number of likely N-dealkylation sites (tertiary alicyclic amines) is 1. The quantitative estimate of drug-likeness (QED) is 0.701. The smallest absolute Gasteiger partial charge is 0.319 e. The number of nitrogens with zero attached hydrogens (tertiary/aromatic N) is 3. The predicted molar refractivity (Wildman–Crippen MR) is 117 cm³/mol. The molecule has 0 radical (unpaired) electrons. The van der Waals surface area contributed by atoms with E-state index in [0.29, 0.717) is 5.69 Å². The Morgan fingerprint density at radius 2 is 1.87 bits per heavy atom. The Labute approximate surface area is 178 Å². The molecule has 9 heteroatoms. The number of hydrogen-bond acceptors (Lipinski definition) is 5. The highest BCUT2D eigenvalue weighted by molar-refractivity contribution is 7.89. The molecule has 0 saturated carbocycles. The largest absolute Gasteiger partial charge is 0.335 e. The second kappa shape index (κ2) is 10.0. The van der Waals surface area contributed by atoms with Gasteiger partial charge in [0.05, 0.1) is 4.90 Å². The molecule has 3 rings (SSSR count). The minimum absolute atomic E-state index is 0.107. The first-order valence-corrected chi connectivity index (χ1v) is 11.5. The van der Waals surface area contributed by atoms with Gasteiger partial charge in [-0.2, -0.15) is 0 Å². The van der Waals surface area contributed by atoms with Gasteiger partial charge in [-0.05, 0) is 55.2 Å². The van der Waals surface area contributed by atoms with Gasteiger partial charge in [0.15, 0.2) is 0 Å². The average Bonchev–Trinajstić information content (AvgIpc) is 2.74. The van der Waals surface area contributed by atoms with Crippen molar-refractivity contribution < 1.29 is 13.2 Å². The first-order chi connectivity index (χ1) is 14.3. The van der Waals surface area contributed by atoms with E-state index in [1.807, 2.05) is 24.5 Å². The molecule has 0 unspecified atom stereocenters. The molecule has 0 spiro atoms. The van der Waals surface area contributed by atoms with Crippen molar-refractivity contribution in [1.29, 1.82) is 0 Å². The summed E-state index contributed by atoms with van der Waals surface area (Å²) in [4.78, 5) is 19.0. The van der Waals surface area contributed by atoms with E-state index in [4.69, 9.17) is 0 Å². The normalized spacial score (nSPS) is 15.8. The van der Waals surface area contributed by atoms with E-state index in [1.54, 1.807) is 12.1 Å². The van der Waals surface area contributed by atoms with Crippen LogP contribution in [-0.4, -0.2) is 68.4 Å². The van der Waals surface area contributed by atoms with E-state index in [9.17, 15) is 13.2 Å². The number of pyridine rings is 1. The maximum absolute atomic E-state index is 12.4. The van der Waals surface area contributed by atoms with Crippen LogP contribution in [-0.2, 0) is 16.4 Å². The number of sulfonamides is 1. The molecule has 1 aromatic carbocycles. The Kier molecular flexibility index (Phi) is 7.41. The van der Waals surface area contributed by atoms with E-state index in [1.165, 1.54) is 31.8 Å². The molecular weight excluding hydrogens is 402 g/mol. The van der Waals surface area contributed by atoms with Crippen LogP contribution in [0.3, 0.4) is 0 Å². The summed E-state index contributed by atoms with van der Waals surface area (Å²) < 4.78 is 25.7. The van der Waals surface area contributed by atoms with Crippen molar-refractivity contribution in [3.63, 3.8) is 0 Å². The Morgan fingerprint density at radius 3 is 2.53 bits per heavy atom. The van der Waals surface area contributed by atoms with Crippen LogP contribution in [0, 0.1) is 0 Å². The third-order valence-electron chi connectivity index (χ3n) is 5.26. The van der Waals surface area contributed by atoms with Crippen LogP contribution >= 0.6 is 0 Å². The van der Waals surface area contributed by atoms with Gasteiger partial charge in [0.25, 0.3) is 0 Å². The number of hydrogen-bond donors (Lipinski definition) is 2. The summed E-state index contributed by atoms with van der Waals surface area (Å²) in [5.41, 5.74) is 1.73. The van der Waals surface area contributed by atoms with E-state index in [-0.39, 0.29) is 17.0 Å². The van der Waals surface area contributed by atoms with Crippen molar-refractivity contribution in [2.45, 2.75) is 30.2 Å². The molecule has 2 heterocycles.